The van der Waals surface area contributed by atoms with Crippen molar-refractivity contribution in [3.05, 3.63) is 77.6 Å². The van der Waals surface area contributed by atoms with E-state index >= 15 is 0 Å². The summed E-state index contributed by atoms with van der Waals surface area (Å²) in [4.78, 5) is 19.2. The number of hydrogen-bond acceptors (Lipinski definition) is 6. The Hall–Kier alpha value is -3.83. The SMILES string of the molecule is O=C(OCc1ccccc1)c1cnc(Nc2ccc(OC(F)(F)F)cc2)nc1C(F)(F)F. The maximum atomic E-state index is 13.5. The normalized spacial score (nSPS) is 11.7. The van der Waals surface area contributed by atoms with Crippen LogP contribution in [-0.4, -0.2) is 22.3 Å². The number of carbonyl (C=O) groups is 1. The predicted molar refractivity (Wildman–Crippen MR) is 99.0 cm³/mol. The van der Waals surface area contributed by atoms with E-state index in [0.717, 1.165) is 24.3 Å². The predicted octanol–water partition coefficient (Wildman–Crippen LogP) is 5.49. The van der Waals surface area contributed by atoms with Crippen molar-refractivity contribution in [3.8, 4) is 5.75 Å². The number of ether oxygens (including phenoxy) is 2. The molecule has 0 spiro atoms. The smallest absolute Gasteiger partial charge is 0.457 e. The Morgan fingerprint density at radius 3 is 2.19 bits per heavy atom. The van der Waals surface area contributed by atoms with Gasteiger partial charge in [0.2, 0.25) is 5.95 Å². The maximum Gasteiger partial charge on any atom is 0.573 e. The van der Waals surface area contributed by atoms with E-state index in [2.05, 4.69) is 20.0 Å². The Balaban J connectivity index is 1.77. The van der Waals surface area contributed by atoms with Crippen molar-refractivity contribution < 1.29 is 40.6 Å². The zero-order valence-corrected chi connectivity index (χ0v) is 15.9. The molecule has 0 bridgehead atoms. The highest BCUT2D eigenvalue weighted by Crippen LogP contribution is 2.32. The average Bonchev–Trinajstić information content (AvgIpc) is 2.72. The number of nitrogens with zero attached hydrogens (tertiary/aromatic N) is 2. The van der Waals surface area contributed by atoms with Crippen LogP contribution in [0.1, 0.15) is 21.6 Å². The third kappa shape index (κ3) is 6.33. The summed E-state index contributed by atoms with van der Waals surface area (Å²) in [5.74, 6) is -2.31. The van der Waals surface area contributed by atoms with Crippen LogP contribution in [0.5, 0.6) is 5.75 Å². The van der Waals surface area contributed by atoms with Gasteiger partial charge in [-0.3, -0.25) is 0 Å². The van der Waals surface area contributed by atoms with Gasteiger partial charge in [0.1, 0.15) is 17.9 Å². The van der Waals surface area contributed by atoms with Crippen LogP contribution in [0.4, 0.5) is 38.0 Å². The number of benzene rings is 2. The van der Waals surface area contributed by atoms with E-state index in [1.807, 2.05) is 0 Å². The summed E-state index contributed by atoms with van der Waals surface area (Å²) in [6.07, 6.45) is -9.22. The lowest BCUT2D eigenvalue weighted by molar-refractivity contribution is -0.274. The topological polar surface area (TPSA) is 73.3 Å². The molecule has 1 heterocycles. The van der Waals surface area contributed by atoms with Crippen molar-refractivity contribution in [1.29, 1.82) is 0 Å². The second kappa shape index (κ2) is 9.12. The highest BCUT2D eigenvalue weighted by molar-refractivity contribution is 5.90. The van der Waals surface area contributed by atoms with E-state index in [-0.39, 0.29) is 12.3 Å². The first kappa shape index (κ1) is 22.8. The van der Waals surface area contributed by atoms with Gasteiger partial charge in [-0.1, -0.05) is 30.3 Å². The Labute approximate surface area is 176 Å². The third-order valence-corrected chi connectivity index (χ3v) is 3.83. The van der Waals surface area contributed by atoms with Crippen molar-refractivity contribution in [1.82, 2.24) is 9.97 Å². The van der Waals surface area contributed by atoms with Gasteiger partial charge in [0.25, 0.3) is 0 Å². The zero-order chi connectivity index (χ0) is 23.4. The summed E-state index contributed by atoms with van der Waals surface area (Å²) in [6, 6.07) is 12.5. The van der Waals surface area contributed by atoms with Crippen LogP contribution in [0.3, 0.4) is 0 Å². The monoisotopic (exact) mass is 457 g/mol. The van der Waals surface area contributed by atoms with E-state index < -0.39 is 41.5 Å². The van der Waals surface area contributed by atoms with E-state index in [4.69, 9.17) is 4.74 Å². The van der Waals surface area contributed by atoms with Gasteiger partial charge in [0.05, 0.1) is 0 Å². The molecule has 6 nitrogen and oxygen atoms in total. The van der Waals surface area contributed by atoms with Crippen molar-refractivity contribution in [2.24, 2.45) is 0 Å². The maximum absolute atomic E-state index is 13.5. The van der Waals surface area contributed by atoms with Crippen LogP contribution < -0.4 is 10.1 Å². The van der Waals surface area contributed by atoms with Crippen LogP contribution in [0.2, 0.25) is 0 Å². The minimum atomic E-state index is -5.00. The summed E-state index contributed by atoms with van der Waals surface area (Å²) in [7, 11) is 0. The highest BCUT2D eigenvalue weighted by Gasteiger charge is 2.38. The molecular weight excluding hydrogens is 444 g/mol. The lowest BCUT2D eigenvalue weighted by Gasteiger charge is -2.13. The van der Waals surface area contributed by atoms with Gasteiger partial charge in [0, 0.05) is 11.9 Å². The first-order valence-electron chi connectivity index (χ1n) is 8.79. The molecule has 0 fully saturated rings. The molecule has 0 amide bonds. The van der Waals surface area contributed by atoms with E-state index in [9.17, 15) is 31.1 Å². The Bertz CT molecular complexity index is 1070. The van der Waals surface area contributed by atoms with Gasteiger partial charge in [0.15, 0.2) is 5.69 Å². The number of nitrogens with one attached hydrogen (secondary N) is 1. The molecular formula is C20H13F6N3O3. The number of halogens is 6. The van der Waals surface area contributed by atoms with Gasteiger partial charge >= 0.3 is 18.5 Å². The first-order chi connectivity index (χ1) is 15.0. The van der Waals surface area contributed by atoms with Crippen LogP contribution >= 0.6 is 0 Å². The molecule has 0 aliphatic rings. The fourth-order valence-corrected chi connectivity index (χ4v) is 2.48. The highest BCUT2D eigenvalue weighted by atomic mass is 19.4. The number of rotatable bonds is 6. The van der Waals surface area contributed by atoms with Crippen molar-refractivity contribution >= 4 is 17.6 Å². The summed E-state index contributed by atoms with van der Waals surface area (Å²) in [6.45, 7) is -0.247. The molecule has 0 aliphatic heterocycles. The lowest BCUT2D eigenvalue weighted by Crippen LogP contribution is -2.19. The van der Waals surface area contributed by atoms with Crippen LogP contribution in [0.25, 0.3) is 0 Å². The minimum absolute atomic E-state index is 0.0899. The Morgan fingerprint density at radius 2 is 1.59 bits per heavy atom. The van der Waals surface area contributed by atoms with Gasteiger partial charge in [-0.15, -0.1) is 13.2 Å². The Kier molecular flexibility index (Phi) is 6.51. The fraction of sp³-hybridized carbons (Fsp3) is 0.150. The molecule has 0 saturated carbocycles. The summed E-state index contributed by atoms with van der Waals surface area (Å²) in [5.41, 5.74) is -1.74. The summed E-state index contributed by atoms with van der Waals surface area (Å²) in [5, 5.41) is 2.42. The van der Waals surface area contributed by atoms with Crippen molar-refractivity contribution in [3.63, 3.8) is 0 Å². The standard InChI is InChI=1S/C20H13F6N3O3/c21-19(22,23)16-15(17(30)31-11-12-4-2-1-3-5-12)10-27-18(29-16)28-13-6-8-14(9-7-13)32-20(24,25)26/h1-10H,11H2,(H,27,28,29). The van der Waals surface area contributed by atoms with E-state index in [1.54, 1.807) is 30.3 Å². The molecule has 0 aliphatic carbocycles. The zero-order valence-electron chi connectivity index (χ0n) is 15.9. The first-order valence-corrected chi connectivity index (χ1v) is 8.79. The Morgan fingerprint density at radius 1 is 0.938 bits per heavy atom. The number of anilines is 2. The molecule has 3 aromatic rings. The van der Waals surface area contributed by atoms with Gasteiger partial charge in [-0.2, -0.15) is 13.2 Å². The molecule has 3 rings (SSSR count). The lowest BCUT2D eigenvalue weighted by atomic mass is 10.2. The molecule has 1 N–H and O–H groups in total. The van der Waals surface area contributed by atoms with E-state index in [1.165, 1.54) is 0 Å². The van der Waals surface area contributed by atoms with Gasteiger partial charge < -0.3 is 14.8 Å². The van der Waals surface area contributed by atoms with Crippen LogP contribution in [0, 0.1) is 0 Å². The summed E-state index contributed by atoms with van der Waals surface area (Å²) < 4.78 is 85.6. The quantitative estimate of drug-likeness (QED) is 0.390. The number of aromatic nitrogens is 2. The molecule has 0 radical (unpaired) electrons. The second-order valence-electron chi connectivity index (χ2n) is 6.21. The second-order valence-corrected chi connectivity index (χ2v) is 6.21. The van der Waals surface area contributed by atoms with Crippen LogP contribution in [-0.2, 0) is 17.5 Å². The number of alkyl halides is 6. The number of hydrogen-bond donors (Lipinski definition) is 1. The average molecular weight is 457 g/mol. The van der Waals surface area contributed by atoms with Gasteiger partial charge in [-0.05, 0) is 29.8 Å². The number of esters is 1. The third-order valence-electron chi connectivity index (χ3n) is 3.83. The summed E-state index contributed by atoms with van der Waals surface area (Å²) >= 11 is 0. The molecule has 32 heavy (non-hydrogen) atoms. The van der Waals surface area contributed by atoms with Crippen molar-refractivity contribution in [2.45, 2.75) is 19.1 Å². The van der Waals surface area contributed by atoms with Crippen LogP contribution in [0.15, 0.2) is 60.8 Å². The fourth-order valence-electron chi connectivity index (χ4n) is 2.48. The van der Waals surface area contributed by atoms with Gasteiger partial charge in [-0.25, -0.2) is 14.8 Å². The van der Waals surface area contributed by atoms with E-state index in [0.29, 0.717) is 11.8 Å². The molecule has 1 aromatic heterocycles. The molecule has 0 atom stereocenters. The van der Waals surface area contributed by atoms with Crippen molar-refractivity contribution in [2.75, 3.05) is 5.32 Å². The molecule has 168 valence electrons. The molecule has 12 heteroatoms. The minimum Gasteiger partial charge on any atom is -0.457 e. The molecule has 2 aromatic carbocycles. The largest absolute Gasteiger partial charge is 0.573 e. The number of carbonyl (C=O) groups excluding carboxylic acids is 1. The molecule has 0 unspecified atom stereocenters. The molecule has 0 saturated heterocycles.